The second-order valence-corrected chi connectivity index (χ2v) is 5.15. The van der Waals surface area contributed by atoms with Gasteiger partial charge in [-0.25, -0.2) is 4.98 Å². The summed E-state index contributed by atoms with van der Waals surface area (Å²) in [6.07, 6.45) is 2.24. The highest BCUT2D eigenvalue weighted by molar-refractivity contribution is 6.31. The summed E-state index contributed by atoms with van der Waals surface area (Å²) in [6, 6.07) is 3.67. The molecule has 1 heterocycles. The fourth-order valence-corrected chi connectivity index (χ4v) is 1.75. The molecule has 0 saturated carbocycles. The van der Waals surface area contributed by atoms with Gasteiger partial charge in [0.05, 0.1) is 17.3 Å². The van der Waals surface area contributed by atoms with Gasteiger partial charge in [0.2, 0.25) is 5.88 Å². The molecule has 0 saturated heterocycles. The van der Waals surface area contributed by atoms with Crippen LogP contribution in [0.25, 0.3) is 0 Å². The molecule has 4 heteroatoms. The van der Waals surface area contributed by atoms with Crippen molar-refractivity contribution in [3.05, 3.63) is 22.8 Å². The molecule has 0 fully saturated rings. The zero-order chi connectivity index (χ0) is 13.4. The number of hydrogen-bond donors (Lipinski definition) is 1. The van der Waals surface area contributed by atoms with Crippen molar-refractivity contribution in [3.63, 3.8) is 0 Å². The highest BCUT2D eigenvalue weighted by atomic mass is 35.5. The van der Waals surface area contributed by atoms with Crippen LogP contribution in [0.4, 0.5) is 0 Å². The monoisotopic (exact) mass is 270 g/mol. The van der Waals surface area contributed by atoms with E-state index in [2.05, 4.69) is 31.1 Å². The minimum absolute atomic E-state index is 0.663. The Labute approximate surface area is 115 Å². The predicted molar refractivity (Wildman–Crippen MR) is 76.2 cm³/mol. The lowest BCUT2D eigenvalue weighted by molar-refractivity contribution is 0.286. The molecule has 0 aliphatic rings. The predicted octanol–water partition coefficient (Wildman–Crippen LogP) is 3.66. The van der Waals surface area contributed by atoms with Gasteiger partial charge in [0, 0.05) is 12.6 Å². The first-order chi connectivity index (χ1) is 8.63. The summed E-state index contributed by atoms with van der Waals surface area (Å²) in [7, 11) is 0. The number of halogens is 1. The second-order valence-electron chi connectivity index (χ2n) is 4.74. The zero-order valence-electron chi connectivity index (χ0n) is 11.5. The maximum atomic E-state index is 6.08. The third-order valence-corrected chi connectivity index (χ3v) is 2.96. The van der Waals surface area contributed by atoms with Gasteiger partial charge in [0.1, 0.15) is 0 Å². The van der Waals surface area contributed by atoms with Crippen LogP contribution in [0.1, 0.15) is 39.3 Å². The fourth-order valence-electron chi connectivity index (χ4n) is 1.58. The Morgan fingerprint density at radius 2 is 2.17 bits per heavy atom. The van der Waals surface area contributed by atoms with E-state index in [1.807, 2.05) is 12.1 Å². The van der Waals surface area contributed by atoms with Crippen molar-refractivity contribution in [3.8, 4) is 5.88 Å². The summed E-state index contributed by atoms with van der Waals surface area (Å²) < 4.78 is 5.63. The van der Waals surface area contributed by atoms with Gasteiger partial charge in [-0.1, -0.05) is 32.4 Å². The summed E-state index contributed by atoms with van der Waals surface area (Å²) in [5.41, 5.74) is 0.847. The first kappa shape index (κ1) is 15.3. The molecule has 0 unspecified atom stereocenters. The van der Waals surface area contributed by atoms with Gasteiger partial charge in [-0.3, -0.25) is 0 Å². The first-order valence-electron chi connectivity index (χ1n) is 6.62. The Kier molecular flexibility index (Phi) is 7.06. The Balaban J connectivity index is 2.45. The lowest BCUT2D eigenvalue weighted by Gasteiger charge is -2.09. The number of pyridine rings is 1. The van der Waals surface area contributed by atoms with Gasteiger partial charge < -0.3 is 10.1 Å². The fraction of sp³-hybridized carbons (Fsp3) is 0.643. The van der Waals surface area contributed by atoms with Gasteiger partial charge in [-0.15, -0.1) is 0 Å². The molecule has 3 nitrogen and oxygen atoms in total. The molecule has 1 aromatic rings. The topological polar surface area (TPSA) is 34.2 Å². The maximum Gasteiger partial charge on any atom is 0.213 e. The molecule has 0 amide bonds. The van der Waals surface area contributed by atoms with Crippen molar-refractivity contribution in [1.82, 2.24) is 10.3 Å². The van der Waals surface area contributed by atoms with Crippen LogP contribution in [0.2, 0.25) is 5.02 Å². The number of hydrogen-bond acceptors (Lipinski definition) is 3. The van der Waals surface area contributed by atoms with Gasteiger partial charge in [-0.05, 0) is 31.4 Å². The molecular formula is C14H23ClN2O. The Morgan fingerprint density at radius 3 is 2.83 bits per heavy atom. The molecule has 0 aromatic carbocycles. The molecule has 1 N–H and O–H groups in total. The first-order valence-corrected chi connectivity index (χ1v) is 7.00. The lowest BCUT2D eigenvalue weighted by atomic mass is 10.1. The quantitative estimate of drug-likeness (QED) is 0.732. The van der Waals surface area contributed by atoms with Crippen LogP contribution >= 0.6 is 11.6 Å². The molecule has 1 aromatic heterocycles. The minimum Gasteiger partial charge on any atom is -0.478 e. The van der Waals surface area contributed by atoms with E-state index in [1.54, 1.807) is 0 Å². The molecule has 0 bridgehead atoms. The molecule has 0 atom stereocenters. The number of rotatable bonds is 8. The molecule has 1 rings (SSSR count). The van der Waals surface area contributed by atoms with Crippen molar-refractivity contribution in [2.24, 2.45) is 5.92 Å². The SMILES string of the molecule is CCNCc1nc(OCCCC(C)C)ccc1Cl. The summed E-state index contributed by atoms with van der Waals surface area (Å²) in [4.78, 5) is 4.41. The van der Waals surface area contributed by atoms with E-state index in [-0.39, 0.29) is 0 Å². The van der Waals surface area contributed by atoms with Crippen molar-refractivity contribution in [2.45, 2.75) is 40.2 Å². The van der Waals surface area contributed by atoms with E-state index in [0.29, 0.717) is 24.1 Å². The van der Waals surface area contributed by atoms with E-state index < -0.39 is 0 Å². The van der Waals surface area contributed by atoms with Gasteiger partial charge in [-0.2, -0.15) is 0 Å². The Hall–Kier alpha value is -0.800. The van der Waals surface area contributed by atoms with Crippen LogP contribution in [0, 0.1) is 5.92 Å². The van der Waals surface area contributed by atoms with Crippen LogP contribution in [-0.4, -0.2) is 18.1 Å². The largest absolute Gasteiger partial charge is 0.478 e. The maximum absolute atomic E-state index is 6.08. The van der Waals surface area contributed by atoms with Gasteiger partial charge in [0.25, 0.3) is 0 Å². The molecule has 18 heavy (non-hydrogen) atoms. The van der Waals surface area contributed by atoms with Crippen LogP contribution in [-0.2, 0) is 6.54 Å². The highest BCUT2D eigenvalue weighted by Crippen LogP contribution is 2.18. The Bertz CT molecular complexity index is 356. The van der Waals surface area contributed by atoms with Crippen molar-refractivity contribution in [2.75, 3.05) is 13.2 Å². The van der Waals surface area contributed by atoms with Crippen LogP contribution < -0.4 is 10.1 Å². The number of ether oxygens (including phenoxy) is 1. The van der Waals surface area contributed by atoms with Gasteiger partial charge >= 0.3 is 0 Å². The van der Waals surface area contributed by atoms with Crippen molar-refractivity contribution in [1.29, 1.82) is 0 Å². The molecule has 0 aliphatic carbocycles. The molecule has 0 spiro atoms. The van der Waals surface area contributed by atoms with Crippen molar-refractivity contribution < 1.29 is 4.74 Å². The number of aromatic nitrogens is 1. The van der Waals surface area contributed by atoms with Gasteiger partial charge in [0.15, 0.2) is 0 Å². The molecule has 102 valence electrons. The zero-order valence-corrected chi connectivity index (χ0v) is 12.3. The molecule has 0 aliphatic heterocycles. The Morgan fingerprint density at radius 1 is 1.39 bits per heavy atom. The van der Waals surface area contributed by atoms with Crippen molar-refractivity contribution >= 4 is 11.6 Å². The van der Waals surface area contributed by atoms with E-state index in [4.69, 9.17) is 16.3 Å². The smallest absolute Gasteiger partial charge is 0.213 e. The normalized spacial score (nSPS) is 10.9. The minimum atomic E-state index is 0.663. The van der Waals surface area contributed by atoms with Crippen LogP contribution in [0.3, 0.4) is 0 Å². The molecule has 0 radical (unpaired) electrons. The van der Waals surface area contributed by atoms with E-state index in [1.165, 1.54) is 6.42 Å². The summed E-state index contributed by atoms with van der Waals surface area (Å²) >= 11 is 6.08. The summed E-state index contributed by atoms with van der Waals surface area (Å²) in [5.74, 6) is 1.38. The highest BCUT2D eigenvalue weighted by Gasteiger charge is 2.04. The standard InChI is InChI=1S/C14H23ClN2O/c1-4-16-10-13-12(15)7-8-14(17-13)18-9-5-6-11(2)3/h7-8,11,16H,4-6,9-10H2,1-3H3. The average molecular weight is 271 g/mol. The number of nitrogens with one attached hydrogen (secondary N) is 1. The van der Waals surface area contributed by atoms with E-state index in [9.17, 15) is 0 Å². The van der Waals surface area contributed by atoms with E-state index in [0.717, 1.165) is 24.6 Å². The third-order valence-electron chi connectivity index (χ3n) is 2.61. The van der Waals surface area contributed by atoms with E-state index >= 15 is 0 Å². The molecular weight excluding hydrogens is 248 g/mol. The summed E-state index contributed by atoms with van der Waals surface area (Å²) in [5, 5.41) is 3.90. The summed E-state index contributed by atoms with van der Waals surface area (Å²) in [6.45, 7) is 8.79. The second kappa shape index (κ2) is 8.33. The van der Waals surface area contributed by atoms with Crippen LogP contribution in [0.15, 0.2) is 12.1 Å². The third kappa shape index (κ3) is 5.69. The van der Waals surface area contributed by atoms with Crippen LogP contribution in [0.5, 0.6) is 5.88 Å². The average Bonchev–Trinajstić information content (AvgIpc) is 2.34. The lowest BCUT2D eigenvalue weighted by Crippen LogP contribution is -2.13. The number of nitrogens with zero attached hydrogens (tertiary/aromatic N) is 1.